The second-order valence-corrected chi connectivity index (χ2v) is 6.55. The number of aromatic nitrogens is 4. The Bertz CT molecular complexity index is 1110. The fraction of sp³-hybridized carbons (Fsp3) is 0.105. The predicted molar refractivity (Wildman–Crippen MR) is 108 cm³/mol. The van der Waals surface area contributed by atoms with Gasteiger partial charge in [0.15, 0.2) is 5.82 Å². The van der Waals surface area contributed by atoms with Crippen molar-refractivity contribution in [2.24, 2.45) is 12.9 Å². The Labute approximate surface area is 161 Å². The van der Waals surface area contributed by atoms with E-state index < -0.39 is 0 Å². The summed E-state index contributed by atoms with van der Waals surface area (Å²) < 4.78 is 1.72. The van der Waals surface area contributed by atoms with Crippen LogP contribution in [-0.2, 0) is 13.6 Å². The maximum absolute atomic E-state index is 6.39. The summed E-state index contributed by atoms with van der Waals surface area (Å²) in [5, 5.41) is 9.07. The molecular formula is C19H18ClN7. The number of rotatable bonds is 5. The molecule has 3 aromatic heterocycles. The van der Waals surface area contributed by atoms with Gasteiger partial charge in [-0.25, -0.2) is 4.98 Å². The SMILES string of the molecule is Cn1cc(-c2cc(Cl)c(NN)c(NCc3ccc4ncccc4c3)n2)cn1. The van der Waals surface area contributed by atoms with Gasteiger partial charge in [0.2, 0.25) is 0 Å². The summed E-state index contributed by atoms with van der Waals surface area (Å²) in [4.78, 5) is 9.00. The highest BCUT2D eigenvalue weighted by molar-refractivity contribution is 6.34. The number of nitrogens with two attached hydrogens (primary N) is 1. The number of halogens is 1. The summed E-state index contributed by atoms with van der Waals surface area (Å²) in [5.41, 5.74) is 6.83. The van der Waals surface area contributed by atoms with Crippen molar-refractivity contribution < 1.29 is 0 Å². The number of anilines is 2. The van der Waals surface area contributed by atoms with Gasteiger partial charge in [-0.05, 0) is 29.8 Å². The lowest BCUT2D eigenvalue weighted by molar-refractivity contribution is 0.768. The second kappa shape index (κ2) is 7.22. The van der Waals surface area contributed by atoms with E-state index in [2.05, 4.69) is 31.9 Å². The molecular weight excluding hydrogens is 362 g/mol. The van der Waals surface area contributed by atoms with Gasteiger partial charge in [-0.2, -0.15) is 5.10 Å². The molecule has 7 nitrogen and oxygen atoms in total. The molecule has 0 amide bonds. The number of nitrogens with one attached hydrogen (secondary N) is 2. The average Bonchev–Trinajstić information content (AvgIpc) is 3.12. The van der Waals surface area contributed by atoms with E-state index in [1.807, 2.05) is 37.5 Å². The van der Waals surface area contributed by atoms with Crippen LogP contribution in [0.25, 0.3) is 22.2 Å². The van der Waals surface area contributed by atoms with Gasteiger partial charge >= 0.3 is 0 Å². The molecule has 136 valence electrons. The standard InChI is InChI=1S/C19H18ClN7/c1-27-11-14(10-24-27)17-8-15(20)18(26-21)19(25-17)23-9-12-4-5-16-13(7-12)3-2-6-22-16/h2-8,10-11,26H,9,21H2,1H3,(H,23,25). The molecule has 0 saturated heterocycles. The predicted octanol–water partition coefficient (Wildman–Crippen LogP) is 3.58. The quantitative estimate of drug-likeness (QED) is 0.362. The van der Waals surface area contributed by atoms with Crippen molar-refractivity contribution in [2.75, 3.05) is 10.7 Å². The van der Waals surface area contributed by atoms with E-state index >= 15 is 0 Å². The van der Waals surface area contributed by atoms with Crippen LogP contribution in [0.1, 0.15) is 5.56 Å². The molecule has 4 N–H and O–H groups in total. The average molecular weight is 380 g/mol. The highest BCUT2D eigenvalue weighted by Gasteiger charge is 2.13. The molecule has 0 saturated carbocycles. The van der Waals surface area contributed by atoms with E-state index in [1.54, 1.807) is 23.1 Å². The highest BCUT2D eigenvalue weighted by Crippen LogP contribution is 2.32. The first-order valence-corrected chi connectivity index (χ1v) is 8.75. The smallest absolute Gasteiger partial charge is 0.153 e. The van der Waals surface area contributed by atoms with Gasteiger partial charge in [0.1, 0.15) is 5.69 Å². The van der Waals surface area contributed by atoms with Gasteiger partial charge < -0.3 is 10.7 Å². The van der Waals surface area contributed by atoms with E-state index in [1.165, 1.54) is 0 Å². The molecule has 4 rings (SSSR count). The van der Waals surface area contributed by atoms with Crippen LogP contribution in [0.15, 0.2) is 55.0 Å². The van der Waals surface area contributed by atoms with Crippen molar-refractivity contribution in [3.63, 3.8) is 0 Å². The van der Waals surface area contributed by atoms with Crippen molar-refractivity contribution in [3.8, 4) is 11.3 Å². The maximum atomic E-state index is 6.39. The lowest BCUT2D eigenvalue weighted by Gasteiger charge is -2.14. The number of nitrogen functional groups attached to an aromatic ring is 1. The number of hydrogen-bond donors (Lipinski definition) is 3. The number of hydrazine groups is 1. The minimum absolute atomic E-state index is 0.483. The summed E-state index contributed by atoms with van der Waals surface area (Å²) in [7, 11) is 1.86. The van der Waals surface area contributed by atoms with Gasteiger partial charge in [-0.15, -0.1) is 0 Å². The molecule has 0 radical (unpaired) electrons. The van der Waals surface area contributed by atoms with Gasteiger partial charge in [0, 0.05) is 36.9 Å². The summed E-state index contributed by atoms with van der Waals surface area (Å²) in [6, 6.07) is 11.9. The van der Waals surface area contributed by atoms with Crippen LogP contribution in [-0.4, -0.2) is 19.7 Å². The Morgan fingerprint density at radius 1 is 1.22 bits per heavy atom. The normalized spacial score (nSPS) is 10.9. The number of aryl methyl sites for hydroxylation is 1. The zero-order valence-corrected chi connectivity index (χ0v) is 15.4. The van der Waals surface area contributed by atoms with Crippen LogP contribution in [0, 0.1) is 0 Å². The molecule has 27 heavy (non-hydrogen) atoms. The zero-order chi connectivity index (χ0) is 18.8. The van der Waals surface area contributed by atoms with E-state index in [9.17, 15) is 0 Å². The third-order valence-electron chi connectivity index (χ3n) is 4.24. The number of hydrogen-bond acceptors (Lipinski definition) is 6. The van der Waals surface area contributed by atoms with Crippen molar-refractivity contribution in [2.45, 2.75) is 6.54 Å². The van der Waals surface area contributed by atoms with E-state index in [4.69, 9.17) is 17.4 Å². The maximum Gasteiger partial charge on any atom is 0.153 e. The molecule has 0 atom stereocenters. The fourth-order valence-corrected chi connectivity index (χ4v) is 3.15. The molecule has 1 aromatic carbocycles. The summed E-state index contributed by atoms with van der Waals surface area (Å²) in [6.45, 7) is 0.569. The first-order valence-electron chi connectivity index (χ1n) is 8.38. The van der Waals surface area contributed by atoms with Crippen LogP contribution >= 0.6 is 11.6 Å². The first kappa shape index (κ1) is 17.3. The molecule has 3 heterocycles. The lowest BCUT2D eigenvalue weighted by atomic mass is 10.1. The number of fused-ring (bicyclic) bond motifs is 1. The monoisotopic (exact) mass is 379 g/mol. The molecule has 0 spiro atoms. The summed E-state index contributed by atoms with van der Waals surface area (Å²) in [5.74, 6) is 6.23. The Hall–Kier alpha value is -3.16. The highest BCUT2D eigenvalue weighted by atomic mass is 35.5. The van der Waals surface area contributed by atoms with Crippen molar-refractivity contribution >= 4 is 34.0 Å². The minimum atomic E-state index is 0.483. The van der Waals surface area contributed by atoms with Gasteiger partial charge in [-0.1, -0.05) is 23.7 Å². The zero-order valence-electron chi connectivity index (χ0n) is 14.6. The summed E-state index contributed by atoms with van der Waals surface area (Å²) >= 11 is 6.39. The van der Waals surface area contributed by atoms with Crippen LogP contribution < -0.4 is 16.6 Å². The molecule has 8 heteroatoms. The third kappa shape index (κ3) is 3.55. The van der Waals surface area contributed by atoms with Gasteiger partial charge in [0.25, 0.3) is 0 Å². The molecule has 0 aliphatic carbocycles. The molecule has 0 bridgehead atoms. The Kier molecular flexibility index (Phi) is 4.62. The Morgan fingerprint density at radius 2 is 2.11 bits per heavy atom. The Morgan fingerprint density at radius 3 is 2.89 bits per heavy atom. The van der Waals surface area contributed by atoms with E-state index in [-0.39, 0.29) is 0 Å². The second-order valence-electron chi connectivity index (χ2n) is 6.14. The van der Waals surface area contributed by atoms with Crippen molar-refractivity contribution in [3.05, 3.63) is 65.6 Å². The number of benzene rings is 1. The van der Waals surface area contributed by atoms with E-state index in [0.29, 0.717) is 23.1 Å². The van der Waals surface area contributed by atoms with Crippen LogP contribution in [0.5, 0.6) is 0 Å². The van der Waals surface area contributed by atoms with Crippen LogP contribution in [0.3, 0.4) is 0 Å². The van der Waals surface area contributed by atoms with Crippen molar-refractivity contribution in [1.29, 1.82) is 0 Å². The number of pyridine rings is 2. The molecule has 0 aliphatic heterocycles. The van der Waals surface area contributed by atoms with Crippen LogP contribution in [0.2, 0.25) is 5.02 Å². The minimum Gasteiger partial charge on any atom is -0.364 e. The molecule has 0 unspecified atom stereocenters. The summed E-state index contributed by atoms with van der Waals surface area (Å²) in [6.07, 6.45) is 5.41. The first-order chi connectivity index (χ1) is 13.1. The lowest BCUT2D eigenvalue weighted by Crippen LogP contribution is -2.12. The van der Waals surface area contributed by atoms with E-state index in [0.717, 1.165) is 27.7 Å². The largest absolute Gasteiger partial charge is 0.364 e. The van der Waals surface area contributed by atoms with Crippen molar-refractivity contribution in [1.82, 2.24) is 19.7 Å². The molecule has 0 aliphatic rings. The molecule has 0 fully saturated rings. The third-order valence-corrected chi connectivity index (χ3v) is 4.54. The molecule has 4 aromatic rings. The Balaban J connectivity index is 1.64. The van der Waals surface area contributed by atoms with Gasteiger partial charge in [-0.3, -0.25) is 15.5 Å². The van der Waals surface area contributed by atoms with Crippen LogP contribution in [0.4, 0.5) is 11.5 Å². The topological polar surface area (TPSA) is 93.7 Å². The fourth-order valence-electron chi connectivity index (χ4n) is 2.90. The van der Waals surface area contributed by atoms with Gasteiger partial charge in [0.05, 0.1) is 22.4 Å². The number of nitrogens with zero attached hydrogens (tertiary/aromatic N) is 4.